The summed E-state index contributed by atoms with van der Waals surface area (Å²) < 4.78 is 46.9. The molecule has 1 aliphatic rings. The van der Waals surface area contributed by atoms with Gasteiger partial charge in [0.2, 0.25) is 0 Å². The predicted octanol–water partition coefficient (Wildman–Crippen LogP) is 4.75. The molecule has 2 amide bonds. The van der Waals surface area contributed by atoms with Gasteiger partial charge in [-0.05, 0) is 42.0 Å². The van der Waals surface area contributed by atoms with Crippen molar-refractivity contribution < 1.29 is 37.0 Å². The van der Waals surface area contributed by atoms with Crippen molar-refractivity contribution in [2.75, 3.05) is 25.6 Å². The zero-order valence-electron chi connectivity index (χ0n) is 21.6. The van der Waals surface area contributed by atoms with Crippen LogP contribution in [0, 0.1) is 0 Å². The fraction of sp³-hybridized carbons (Fsp3) is 0.172. The minimum atomic E-state index is -5.21. The van der Waals surface area contributed by atoms with E-state index >= 15 is 0 Å². The van der Waals surface area contributed by atoms with E-state index in [9.17, 15) is 27.6 Å². The molecule has 0 saturated carbocycles. The van der Waals surface area contributed by atoms with Crippen molar-refractivity contribution in [3.05, 3.63) is 78.1 Å². The topological polar surface area (TPSA) is 122 Å². The Hall–Kier alpha value is -5.13. The molecule has 9 nitrogen and oxygen atoms in total. The number of amides is 2. The molecular weight excluding hydrogens is 541 g/mol. The molecule has 210 valence electrons. The van der Waals surface area contributed by atoms with Crippen LogP contribution >= 0.6 is 0 Å². The van der Waals surface area contributed by atoms with Gasteiger partial charge in [-0.15, -0.1) is 0 Å². The van der Waals surface area contributed by atoms with Gasteiger partial charge in [0.25, 0.3) is 11.8 Å². The minimum absolute atomic E-state index is 0.144. The number of nitrogens with zero attached hydrogens (tertiary/aromatic N) is 1. The third-order valence-corrected chi connectivity index (χ3v) is 6.43. The van der Waals surface area contributed by atoms with Gasteiger partial charge in [-0.25, -0.2) is 4.79 Å². The molecule has 0 spiro atoms. The molecule has 3 N–H and O–H groups in total. The van der Waals surface area contributed by atoms with Crippen LogP contribution in [-0.4, -0.2) is 54.2 Å². The number of H-pyrrole nitrogens is 1. The Morgan fingerprint density at radius 3 is 2.51 bits per heavy atom. The summed E-state index contributed by atoms with van der Waals surface area (Å²) in [5.41, 5.74) is 5.52. The number of aromatic amines is 1. The largest absolute Gasteiger partial charge is 0.497 e. The smallest absolute Gasteiger partial charge is 0.490 e. The van der Waals surface area contributed by atoms with Crippen molar-refractivity contribution in [3.8, 4) is 39.4 Å². The number of methoxy groups -OCH3 is 1. The van der Waals surface area contributed by atoms with Gasteiger partial charge < -0.3 is 25.1 Å². The van der Waals surface area contributed by atoms with Crippen LogP contribution in [-0.2, 0) is 20.7 Å². The predicted molar refractivity (Wildman–Crippen MR) is 143 cm³/mol. The molecular formula is C29H23F3N4O5. The molecule has 0 bridgehead atoms. The van der Waals surface area contributed by atoms with E-state index in [0.717, 1.165) is 17.0 Å². The number of hydrogen-bond acceptors (Lipinski definition) is 6. The number of rotatable bonds is 7. The van der Waals surface area contributed by atoms with Crippen LogP contribution in [0.2, 0.25) is 0 Å². The molecule has 0 saturated heterocycles. The fourth-order valence-corrected chi connectivity index (χ4v) is 4.53. The molecule has 4 aromatic rings. The van der Waals surface area contributed by atoms with E-state index in [1.807, 2.05) is 6.07 Å². The van der Waals surface area contributed by atoms with Crippen molar-refractivity contribution in [3.63, 3.8) is 0 Å². The van der Waals surface area contributed by atoms with Gasteiger partial charge in [0.1, 0.15) is 5.75 Å². The summed E-state index contributed by atoms with van der Waals surface area (Å²) in [4.78, 5) is 43.7. The SMILES string of the molecule is COc1ccc(-c2c(NC(=O)COC(=O)C(F)(F)F)cccc2-c2cc(-c3cc4c([nH]3)CCNC4=O)ccn2)cc1. The Bertz CT molecular complexity index is 1630. The first-order valence-electron chi connectivity index (χ1n) is 12.4. The Balaban J connectivity index is 1.53. The zero-order valence-corrected chi connectivity index (χ0v) is 21.6. The van der Waals surface area contributed by atoms with Crippen LogP contribution in [0.1, 0.15) is 16.1 Å². The van der Waals surface area contributed by atoms with E-state index in [1.165, 1.54) is 7.11 Å². The number of aromatic nitrogens is 2. The summed E-state index contributed by atoms with van der Waals surface area (Å²) in [6.07, 6.45) is -2.92. The molecule has 1 aliphatic heterocycles. The molecule has 0 atom stereocenters. The molecule has 12 heteroatoms. The average molecular weight is 565 g/mol. The number of fused-ring (bicyclic) bond motifs is 1. The van der Waals surface area contributed by atoms with E-state index in [1.54, 1.807) is 60.8 Å². The number of nitrogens with one attached hydrogen (secondary N) is 3. The highest BCUT2D eigenvalue weighted by molar-refractivity contribution is 6.01. The summed E-state index contributed by atoms with van der Waals surface area (Å²) >= 11 is 0. The van der Waals surface area contributed by atoms with E-state index < -0.39 is 24.7 Å². The normalized spacial score (nSPS) is 12.7. The number of ether oxygens (including phenoxy) is 2. The van der Waals surface area contributed by atoms with Crippen molar-refractivity contribution in [1.82, 2.24) is 15.3 Å². The first-order chi connectivity index (χ1) is 19.6. The first-order valence-corrected chi connectivity index (χ1v) is 12.4. The minimum Gasteiger partial charge on any atom is -0.497 e. The van der Waals surface area contributed by atoms with Crippen LogP contribution in [0.3, 0.4) is 0 Å². The number of halogens is 3. The maximum absolute atomic E-state index is 12.5. The van der Waals surface area contributed by atoms with Gasteiger partial charge in [-0.1, -0.05) is 24.3 Å². The number of carbonyl (C=O) groups excluding carboxylic acids is 3. The van der Waals surface area contributed by atoms with Gasteiger partial charge >= 0.3 is 12.1 Å². The van der Waals surface area contributed by atoms with Crippen LogP contribution in [0.25, 0.3) is 33.6 Å². The second-order valence-electron chi connectivity index (χ2n) is 9.09. The molecule has 2 aromatic carbocycles. The summed E-state index contributed by atoms with van der Waals surface area (Å²) in [6.45, 7) is -0.573. The third-order valence-electron chi connectivity index (χ3n) is 6.43. The van der Waals surface area contributed by atoms with Crippen LogP contribution in [0.15, 0.2) is 66.9 Å². The highest BCUT2D eigenvalue weighted by Crippen LogP contribution is 2.39. The molecule has 2 aromatic heterocycles. The second kappa shape index (κ2) is 11.2. The zero-order chi connectivity index (χ0) is 29.1. The van der Waals surface area contributed by atoms with Gasteiger partial charge in [0.05, 0.1) is 18.4 Å². The average Bonchev–Trinajstić information content (AvgIpc) is 3.41. The third kappa shape index (κ3) is 5.91. The highest BCUT2D eigenvalue weighted by atomic mass is 19.4. The number of carbonyl (C=O) groups is 3. The molecule has 41 heavy (non-hydrogen) atoms. The van der Waals surface area contributed by atoms with Crippen LogP contribution in [0.4, 0.5) is 18.9 Å². The summed E-state index contributed by atoms with van der Waals surface area (Å²) in [5, 5.41) is 5.37. The molecule has 0 fully saturated rings. The van der Waals surface area contributed by atoms with Crippen molar-refractivity contribution in [2.24, 2.45) is 0 Å². The summed E-state index contributed by atoms with van der Waals surface area (Å²) in [6, 6.07) is 17.4. The van der Waals surface area contributed by atoms with Gasteiger partial charge in [-0.3, -0.25) is 14.6 Å². The molecule has 0 unspecified atom stereocenters. The Labute approximate surface area is 231 Å². The lowest BCUT2D eigenvalue weighted by Crippen LogP contribution is -2.31. The van der Waals surface area contributed by atoms with E-state index in [4.69, 9.17) is 4.74 Å². The molecule has 0 aliphatic carbocycles. The Kier molecular flexibility index (Phi) is 7.47. The number of pyridine rings is 1. The van der Waals surface area contributed by atoms with E-state index in [0.29, 0.717) is 46.7 Å². The van der Waals surface area contributed by atoms with Crippen molar-refractivity contribution in [1.29, 1.82) is 0 Å². The number of anilines is 1. The number of benzene rings is 2. The van der Waals surface area contributed by atoms with Crippen molar-refractivity contribution in [2.45, 2.75) is 12.6 Å². The maximum Gasteiger partial charge on any atom is 0.490 e. The monoisotopic (exact) mass is 564 g/mol. The second-order valence-corrected chi connectivity index (χ2v) is 9.09. The molecule has 3 heterocycles. The number of alkyl halides is 3. The van der Waals surface area contributed by atoms with Crippen LogP contribution < -0.4 is 15.4 Å². The van der Waals surface area contributed by atoms with Crippen molar-refractivity contribution >= 4 is 23.5 Å². The van der Waals surface area contributed by atoms with Crippen LogP contribution in [0.5, 0.6) is 5.75 Å². The highest BCUT2D eigenvalue weighted by Gasteiger charge is 2.41. The van der Waals surface area contributed by atoms with Gasteiger partial charge in [0.15, 0.2) is 6.61 Å². The Morgan fingerprint density at radius 1 is 1.02 bits per heavy atom. The quantitative estimate of drug-likeness (QED) is 0.279. The number of esters is 1. The fourth-order valence-electron chi connectivity index (χ4n) is 4.53. The Morgan fingerprint density at radius 2 is 1.80 bits per heavy atom. The maximum atomic E-state index is 12.5. The number of hydrogen-bond donors (Lipinski definition) is 3. The summed E-state index contributed by atoms with van der Waals surface area (Å²) in [5.74, 6) is -2.96. The lowest BCUT2D eigenvalue weighted by Gasteiger charge is -2.17. The van der Waals surface area contributed by atoms with E-state index in [-0.39, 0.29) is 11.6 Å². The standard InChI is InChI=1S/C29H23F3N4O5/c1-40-18-7-5-16(6-8-18)26-19(3-2-4-22(26)36-25(37)15-41-28(39)29(30,31)32)24-13-17(9-11-33-24)23-14-20-21(35-23)10-12-34-27(20)38/h2-9,11,13-14,35H,10,12,15H2,1H3,(H,34,38)(H,36,37). The van der Waals surface area contributed by atoms with Gasteiger partial charge in [-0.2, -0.15) is 13.2 Å². The first kappa shape index (κ1) is 27.4. The summed E-state index contributed by atoms with van der Waals surface area (Å²) in [7, 11) is 1.52. The molecule has 5 rings (SSSR count). The molecule has 0 radical (unpaired) electrons. The van der Waals surface area contributed by atoms with E-state index in [2.05, 4.69) is 25.3 Å². The lowest BCUT2D eigenvalue weighted by atomic mass is 9.94. The van der Waals surface area contributed by atoms with Gasteiger partial charge in [0, 0.05) is 52.9 Å². The lowest BCUT2D eigenvalue weighted by molar-refractivity contribution is -0.199.